The lowest BCUT2D eigenvalue weighted by molar-refractivity contribution is -0.152. The molecule has 0 aliphatic heterocycles. The largest absolute Gasteiger partial charge is 0.496 e. The van der Waals surface area contributed by atoms with E-state index in [1.54, 1.807) is 18.2 Å². The molecule has 0 bridgehead atoms. The standard InChI is InChI=1S/C13H12O5/c1-17-10-5-3-4-7-8(10)6-9(11(7)14)12(15)13(16)18-2/h3-5,9H,6H2,1-2H3. The highest BCUT2D eigenvalue weighted by atomic mass is 16.5. The van der Waals surface area contributed by atoms with Crippen molar-refractivity contribution in [2.45, 2.75) is 6.42 Å². The number of methoxy groups -OCH3 is 2. The average molecular weight is 248 g/mol. The molecule has 18 heavy (non-hydrogen) atoms. The number of ether oxygens (including phenoxy) is 2. The summed E-state index contributed by atoms with van der Waals surface area (Å²) in [5, 5.41) is 0. The summed E-state index contributed by atoms with van der Waals surface area (Å²) in [6.07, 6.45) is 0.187. The molecule has 0 heterocycles. The van der Waals surface area contributed by atoms with Gasteiger partial charge in [-0.3, -0.25) is 9.59 Å². The third kappa shape index (κ3) is 1.77. The molecule has 1 unspecified atom stereocenters. The molecule has 0 saturated heterocycles. The van der Waals surface area contributed by atoms with E-state index >= 15 is 0 Å². The van der Waals surface area contributed by atoms with Crippen LogP contribution in [0.1, 0.15) is 15.9 Å². The molecule has 1 aliphatic rings. The lowest BCUT2D eigenvalue weighted by atomic mass is 10.00. The number of rotatable bonds is 3. The summed E-state index contributed by atoms with van der Waals surface area (Å²) < 4.78 is 9.50. The van der Waals surface area contributed by atoms with Gasteiger partial charge in [0, 0.05) is 11.1 Å². The fourth-order valence-electron chi connectivity index (χ4n) is 2.14. The Bertz CT molecular complexity index is 532. The molecule has 5 nitrogen and oxygen atoms in total. The van der Waals surface area contributed by atoms with Gasteiger partial charge in [-0.15, -0.1) is 0 Å². The van der Waals surface area contributed by atoms with Crippen LogP contribution in [-0.2, 0) is 20.7 Å². The molecule has 0 aromatic heterocycles. The highest BCUT2D eigenvalue weighted by molar-refractivity contribution is 6.40. The van der Waals surface area contributed by atoms with Crippen molar-refractivity contribution < 1.29 is 23.9 Å². The Morgan fingerprint density at radius 2 is 2.00 bits per heavy atom. The topological polar surface area (TPSA) is 69.7 Å². The first-order valence-corrected chi connectivity index (χ1v) is 5.42. The zero-order valence-corrected chi connectivity index (χ0v) is 10.1. The summed E-state index contributed by atoms with van der Waals surface area (Å²) in [6.45, 7) is 0. The van der Waals surface area contributed by atoms with E-state index in [1.165, 1.54) is 7.11 Å². The second-order valence-electron chi connectivity index (χ2n) is 3.96. The van der Waals surface area contributed by atoms with Crippen molar-refractivity contribution in [3.63, 3.8) is 0 Å². The van der Waals surface area contributed by atoms with E-state index in [0.717, 1.165) is 7.11 Å². The number of fused-ring (bicyclic) bond motifs is 1. The molecule has 1 aliphatic carbocycles. The zero-order valence-electron chi connectivity index (χ0n) is 10.1. The summed E-state index contributed by atoms with van der Waals surface area (Å²) in [4.78, 5) is 35.0. The maximum atomic E-state index is 12.0. The van der Waals surface area contributed by atoms with Crippen LogP contribution in [-0.4, -0.2) is 31.8 Å². The van der Waals surface area contributed by atoms with Crippen molar-refractivity contribution in [2.75, 3.05) is 14.2 Å². The van der Waals surface area contributed by atoms with Crippen LogP contribution >= 0.6 is 0 Å². The van der Waals surface area contributed by atoms with Gasteiger partial charge in [0.05, 0.1) is 20.1 Å². The highest BCUT2D eigenvalue weighted by Crippen LogP contribution is 2.34. The number of esters is 1. The molecule has 0 saturated carbocycles. The van der Waals surface area contributed by atoms with Gasteiger partial charge in [-0.1, -0.05) is 12.1 Å². The summed E-state index contributed by atoms with van der Waals surface area (Å²) in [6, 6.07) is 5.03. The Kier molecular flexibility index (Phi) is 3.14. The van der Waals surface area contributed by atoms with Crippen LogP contribution in [0.3, 0.4) is 0 Å². The number of hydrogen-bond donors (Lipinski definition) is 0. The second-order valence-corrected chi connectivity index (χ2v) is 3.96. The van der Waals surface area contributed by atoms with Gasteiger partial charge >= 0.3 is 5.97 Å². The third-order valence-electron chi connectivity index (χ3n) is 3.05. The molecule has 1 atom stereocenters. The smallest absolute Gasteiger partial charge is 0.375 e. The molecule has 94 valence electrons. The minimum atomic E-state index is -0.986. The first kappa shape index (κ1) is 12.3. The van der Waals surface area contributed by atoms with Gasteiger partial charge in [0.1, 0.15) is 5.75 Å². The number of ketones is 2. The quantitative estimate of drug-likeness (QED) is 0.449. The predicted molar refractivity (Wildman–Crippen MR) is 61.5 cm³/mol. The van der Waals surface area contributed by atoms with Crippen LogP contribution in [0.15, 0.2) is 18.2 Å². The summed E-state index contributed by atoms with van der Waals surface area (Å²) in [5.74, 6) is -2.56. The first-order valence-electron chi connectivity index (χ1n) is 5.42. The molecule has 1 aromatic carbocycles. The normalized spacial score (nSPS) is 17.2. The number of benzene rings is 1. The van der Waals surface area contributed by atoms with Gasteiger partial charge in [0.2, 0.25) is 0 Å². The Hall–Kier alpha value is -2.17. The Morgan fingerprint density at radius 1 is 1.28 bits per heavy atom. The molecule has 0 radical (unpaired) electrons. The van der Waals surface area contributed by atoms with Crippen molar-refractivity contribution in [3.8, 4) is 5.75 Å². The fraction of sp³-hybridized carbons (Fsp3) is 0.308. The molecular formula is C13H12O5. The van der Waals surface area contributed by atoms with E-state index in [1.807, 2.05) is 0 Å². The highest BCUT2D eigenvalue weighted by Gasteiger charge is 2.40. The van der Waals surface area contributed by atoms with E-state index in [2.05, 4.69) is 4.74 Å². The molecule has 0 N–H and O–H groups in total. The fourth-order valence-corrected chi connectivity index (χ4v) is 2.14. The van der Waals surface area contributed by atoms with E-state index < -0.39 is 17.7 Å². The number of Topliss-reactive ketones (excluding diaryl/α,β-unsaturated/α-hetero) is 2. The van der Waals surface area contributed by atoms with Crippen molar-refractivity contribution in [1.82, 2.24) is 0 Å². The van der Waals surface area contributed by atoms with Gasteiger partial charge in [0.15, 0.2) is 5.78 Å². The summed E-state index contributed by atoms with van der Waals surface area (Å²) in [7, 11) is 2.61. The number of hydrogen-bond acceptors (Lipinski definition) is 5. The minimum absolute atomic E-state index is 0.187. The van der Waals surface area contributed by atoms with E-state index in [0.29, 0.717) is 16.9 Å². The average Bonchev–Trinajstić information content (AvgIpc) is 2.74. The van der Waals surface area contributed by atoms with Crippen LogP contribution in [0, 0.1) is 5.92 Å². The Labute approximate surface area is 104 Å². The summed E-state index contributed by atoms with van der Waals surface area (Å²) >= 11 is 0. The van der Waals surface area contributed by atoms with Crippen LogP contribution in [0.4, 0.5) is 0 Å². The van der Waals surface area contributed by atoms with Crippen LogP contribution in [0.2, 0.25) is 0 Å². The van der Waals surface area contributed by atoms with Crippen LogP contribution in [0.25, 0.3) is 0 Å². The molecule has 0 fully saturated rings. The molecular weight excluding hydrogens is 236 g/mol. The van der Waals surface area contributed by atoms with Crippen molar-refractivity contribution in [1.29, 1.82) is 0 Å². The van der Waals surface area contributed by atoms with Gasteiger partial charge in [0.25, 0.3) is 5.78 Å². The SMILES string of the molecule is COC(=O)C(=O)C1Cc2c(OC)cccc2C1=O. The zero-order chi connectivity index (χ0) is 13.3. The van der Waals surface area contributed by atoms with E-state index in [-0.39, 0.29) is 12.2 Å². The number of carbonyl (C=O) groups excluding carboxylic acids is 3. The minimum Gasteiger partial charge on any atom is -0.496 e. The summed E-state index contributed by atoms with van der Waals surface area (Å²) in [5.41, 5.74) is 1.11. The van der Waals surface area contributed by atoms with Crippen LogP contribution < -0.4 is 4.74 Å². The monoisotopic (exact) mass is 248 g/mol. The first-order chi connectivity index (χ1) is 8.60. The van der Waals surface area contributed by atoms with Gasteiger partial charge in [-0.05, 0) is 12.5 Å². The second kappa shape index (κ2) is 4.60. The van der Waals surface area contributed by atoms with Gasteiger partial charge in [-0.25, -0.2) is 4.79 Å². The molecule has 0 amide bonds. The molecule has 2 rings (SSSR count). The Balaban J connectivity index is 2.36. The van der Waals surface area contributed by atoms with E-state index in [4.69, 9.17) is 4.74 Å². The van der Waals surface area contributed by atoms with Crippen molar-refractivity contribution in [2.24, 2.45) is 5.92 Å². The molecule has 1 aromatic rings. The number of carbonyl (C=O) groups is 3. The molecule has 0 spiro atoms. The van der Waals surface area contributed by atoms with Gasteiger partial charge in [-0.2, -0.15) is 0 Å². The van der Waals surface area contributed by atoms with Crippen molar-refractivity contribution in [3.05, 3.63) is 29.3 Å². The predicted octanol–water partition coefficient (Wildman–Crippen LogP) is 0.792. The lowest BCUT2D eigenvalue weighted by Crippen LogP contribution is -2.29. The maximum absolute atomic E-state index is 12.0. The van der Waals surface area contributed by atoms with Crippen molar-refractivity contribution >= 4 is 17.5 Å². The third-order valence-corrected chi connectivity index (χ3v) is 3.05. The lowest BCUT2D eigenvalue weighted by Gasteiger charge is -2.05. The maximum Gasteiger partial charge on any atom is 0.375 e. The Morgan fingerprint density at radius 3 is 2.61 bits per heavy atom. The van der Waals surface area contributed by atoms with E-state index in [9.17, 15) is 14.4 Å². The molecule has 5 heteroatoms. The van der Waals surface area contributed by atoms with Crippen LogP contribution in [0.5, 0.6) is 5.75 Å². The van der Waals surface area contributed by atoms with Gasteiger partial charge < -0.3 is 9.47 Å².